The van der Waals surface area contributed by atoms with Crippen LogP contribution in [-0.4, -0.2) is 45.8 Å². The number of hydrogen-bond acceptors (Lipinski definition) is 7. The number of rotatable bonds is 4. The summed E-state index contributed by atoms with van der Waals surface area (Å²) < 4.78 is 5.57. The van der Waals surface area contributed by atoms with Gasteiger partial charge in [0, 0.05) is 55.6 Å². The van der Waals surface area contributed by atoms with E-state index in [0.29, 0.717) is 40.0 Å². The number of aryl methyl sites for hydroxylation is 1. The number of benzene rings is 2. The summed E-state index contributed by atoms with van der Waals surface area (Å²) in [6.07, 6.45) is 0. The highest BCUT2D eigenvalue weighted by molar-refractivity contribution is 5.89. The summed E-state index contributed by atoms with van der Waals surface area (Å²) in [5, 5.41) is 18.7. The Morgan fingerprint density at radius 3 is 2.67 bits per heavy atom. The van der Waals surface area contributed by atoms with Gasteiger partial charge in [0.15, 0.2) is 0 Å². The molecule has 3 heterocycles. The zero-order valence-corrected chi connectivity index (χ0v) is 18.6. The van der Waals surface area contributed by atoms with Crippen molar-refractivity contribution in [3.63, 3.8) is 0 Å². The first kappa shape index (κ1) is 20.9. The fourth-order valence-electron chi connectivity index (χ4n) is 4.38. The van der Waals surface area contributed by atoms with Gasteiger partial charge in [-0.25, -0.2) is 0 Å². The van der Waals surface area contributed by atoms with Crippen LogP contribution >= 0.6 is 0 Å². The number of nitrogens with one attached hydrogen (secondary N) is 1. The third-order valence-corrected chi connectivity index (χ3v) is 6.21. The highest BCUT2D eigenvalue weighted by Crippen LogP contribution is 2.24. The average Bonchev–Trinajstić information content (AvgIpc) is 3.26. The molecule has 1 unspecified atom stereocenters. The number of fused-ring (bicyclic) bond motifs is 1. The van der Waals surface area contributed by atoms with Crippen LogP contribution in [0.3, 0.4) is 0 Å². The van der Waals surface area contributed by atoms with Gasteiger partial charge >= 0.3 is 6.01 Å². The third-order valence-electron chi connectivity index (χ3n) is 6.21. The zero-order chi connectivity index (χ0) is 22.9. The molecule has 1 aliphatic rings. The van der Waals surface area contributed by atoms with Crippen molar-refractivity contribution in [3.05, 3.63) is 75.9 Å². The molecule has 1 saturated heterocycles. The Morgan fingerprint density at radius 2 is 1.97 bits per heavy atom. The van der Waals surface area contributed by atoms with Crippen LogP contribution in [0.15, 0.2) is 57.7 Å². The number of nitriles is 1. The minimum Gasteiger partial charge on any atom is -0.408 e. The second kappa shape index (κ2) is 8.52. The van der Waals surface area contributed by atoms with Crippen molar-refractivity contribution < 1.29 is 4.42 Å². The molecule has 1 aliphatic heterocycles. The van der Waals surface area contributed by atoms with E-state index in [1.54, 1.807) is 25.1 Å². The van der Waals surface area contributed by atoms with Crippen LogP contribution < -0.4 is 10.5 Å². The van der Waals surface area contributed by atoms with Crippen molar-refractivity contribution >= 4 is 16.8 Å². The number of piperazine rings is 1. The van der Waals surface area contributed by atoms with Gasteiger partial charge in [-0.15, -0.1) is 5.10 Å². The molecule has 2 aromatic heterocycles. The lowest BCUT2D eigenvalue weighted by Crippen LogP contribution is -2.51. The fourth-order valence-corrected chi connectivity index (χ4v) is 4.38. The van der Waals surface area contributed by atoms with E-state index >= 15 is 0 Å². The average molecular weight is 441 g/mol. The maximum absolute atomic E-state index is 12.5. The minimum absolute atomic E-state index is 0.188. The van der Waals surface area contributed by atoms with Crippen LogP contribution in [0, 0.1) is 18.3 Å². The molecule has 0 amide bonds. The van der Waals surface area contributed by atoms with Gasteiger partial charge in [-0.3, -0.25) is 9.69 Å². The summed E-state index contributed by atoms with van der Waals surface area (Å²) in [5.74, 6) is 0.580. The van der Waals surface area contributed by atoms with Crippen LogP contribution in [-0.2, 0) is 6.54 Å². The molecule has 2 aromatic carbocycles. The molecule has 5 rings (SSSR count). The Bertz CT molecular complexity index is 1400. The summed E-state index contributed by atoms with van der Waals surface area (Å²) in [6.45, 7) is 7.42. The Kier molecular flexibility index (Phi) is 5.40. The number of aromatic nitrogens is 3. The monoisotopic (exact) mass is 440 g/mol. The first-order chi connectivity index (χ1) is 16.0. The quantitative estimate of drug-likeness (QED) is 0.518. The van der Waals surface area contributed by atoms with Crippen molar-refractivity contribution in [2.45, 2.75) is 26.4 Å². The number of H-pyrrole nitrogens is 1. The van der Waals surface area contributed by atoms with Crippen LogP contribution in [0.5, 0.6) is 0 Å². The third kappa shape index (κ3) is 4.11. The molecular weight excluding hydrogens is 416 g/mol. The number of nitrogens with zero attached hydrogens (tertiary/aromatic N) is 5. The van der Waals surface area contributed by atoms with Gasteiger partial charge < -0.3 is 14.3 Å². The minimum atomic E-state index is -0.188. The van der Waals surface area contributed by atoms with E-state index in [1.165, 1.54) is 5.56 Å². The zero-order valence-electron chi connectivity index (χ0n) is 18.6. The lowest BCUT2D eigenvalue weighted by molar-refractivity contribution is 0.177. The molecule has 0 saturated carbocycles. The van der Waals surface area contributed by atoms with E-state index < -0.39 is 0 Å². The maximum atomic E-state index is 12.5. The van der Waals surface area contributed by atoms with E-state index in [1.807, 2.05) is 18.2 Å². The molecular formula is C25H24N6O2. The maximum Gasteiger partial charge on any atom is 0.318 e. The van der Waals surface area contributed by atoms with E-state index in [-0.39, 0.29) is 5.56 Å². The number of hydrogen-bond donors (Lipinski definition) is 1. The molecule has 33 heavy (non-hydrogen) atoms. The molecule has 1 N–H and O–H groups in total. The van der Waals surface area contributed by atoms with Crippen molar-refractivity contribution in [2.24, 2.45) is 0 Å². The number of aromatic amines is 1. The van der Waals surface area contributed by atoms with Gasteiger partial charge in [0.05, 0.1) is 11.6 Å². The summed E-state index contributed by atoms with van der Waals surface area (Å²) in [6, 6.07) is 18.4. The van der Waals surface area contributed by atoms with Gasteiger partial charge in [-0.1, -0.05) is 35.4 Å². The predicted molar refractivity (Wildman–Crippen MR) is 126 cm³/mol. The molecule has 8 nitrogen and oxygen atoms in total. The van der Waals surface area contributed by atoms with Crippen LogP contribution in [0.1, 0.15) is 23.9 Å². The smallest absolute Gasteiger partial charge is 0.318 e. The van der Waals surface area contributed by atoms with Crippen molar-refractivity contribution in [3.8, 4) is 17.3 Å². The standard InChI is InChI=1S/C25H24N6O2/c1-16-14-31(25-29-28-17(2)33-25)11-10-30(16)15-18-6-8-19(9-7-18)23-12-22-20(13-26)4-3-5-21(22)24(32)27-23/h3-9,12,16H,10-11,14-15H2,1-2H3,(H,27,32). The molecule has 0 radical (unpaired) electrons. The topological polar surface area (TPSA) is 102 Å². The Morgan fingerprint density at radius 1 is 1.15 bits per heavy atom. The molecule has 0 bridgehead atoms. The molecule has 0 aliphatic carbocycles. The second-order valence-electron chi connectivity index (χ2n) is 8.46. The predicted octanol–water partition coefficient (Wildman–Crippen LogP) is 3.47. The van der Waals surface area contributed by atoms with Gasteiger partial charge in [0.25, 0.3) is 5.56 Å². The van der Waals surface area contributed by atoms with E-state index in [0.717, 1.165) is 31.7 Å². The summed E-state index contributed by atoms with van der Waals surface area (Å²) >= 11 is 0. The fraction of sp³-hybridized carbons (Fsp3) is 0.280. The molecule has 1 fully saturated rings. The number of anilines is 1. The SMILES string of the molecule is Cc1nnc(N2CCN(Cc3ccc(-c4cc5c(C#N)cccc5c(=O)[nH]4)cc3)C(C)C2)o1. The Labute approximate surface area is 191 Å². The second-order valence-corrected chi connectivity index (χ2v) is 8.46. The highest BCUT2D eigenvalue weighted by Gasteiger charge is 2.26. The Balaban J connectivity index is 1.31. The van der Waals surface area contributed by atoms with Crippen LogP contribution in [0.25, 0.3) is 22.0 Å². The molecule has 1 atom stereocenters. The largest absolute Gasteiger partial charge is 0.408 e. The van der Waals surface area contributed by atoms with Crippen molar-refractivity contribution in [2.75, 3.05) is 24.5 Å². The normalized spacial score (nSPS) is 16.8. The lowest BCUT2D eigenvalue weighted by Gasteiger charge is -2.39. The molecule has 0 spiro atoms. The van der Waals surface area contributed by atoms with Gasteiger partial charge in [-0.05, 0) is 36.2 Å². The van der Waals surface area contributed by atoms with E-state index in [2.05, 4.69) is 50.1 Å². The van der Waals surface area contributed by atoms with Crippen molar-refractivity contribution in [1.29, 1.82) is 5.26 Å². The lowest BCUT2D eigenvalue weighted by atomic mass is 10.0. The highest BCUT2D eigenvalue weighted by atomic mass is 16.4. The van der Waals surface area contributed by atoms with Gasteiger partial charge in [0.1, 0.15) is 0 Å². The molecule has 4 aromatic rings. The van der Waals surface area contributed by atoms with Crippen LogP contribution in [0.4, 0.5) is 6.01 Å². The van der Waals surface area contributed by atoms with Crippen molar-refractivity contribution in [1.82, 2.24) is 20.1 Å². The van der Waals surface area contributed by atoms with Gasteiger partial charge in [-0.2, -0.15) is 5.26 Å². The molecule has 8 heteroatoms. The first-order valence-corrected chi connectivity index (χ1v) is 11.0. The Hall–Kier alpha value is -3.96. The van der Waals surface area contributed by atoms with E-state index in [4.69, 9.17) is 4.42 Å². The summed E-state index contributed by atoms with van der Waals surface area (Å²) in [4.78, 5) is 20.1. The van der Waals surface area contributed by atoms with E-state index in [9.17, 15) is 10.1 Å². The molecule has 166 valence electrons. The summed E-state index contributed by atoms with van der Waals surface area (Å²) in [7, 11) is 0. The first-order valence-electron chi connectivity index (χ1n) is 11.0. The summed E-state index contributed by atoms with van der Waals surface area (Å²) in [5.41, 5.74) is 3.13. The van der Waals surface area contributed by atoms with Crippen LogP contribution in [0.2, 0.25) is 0 Å². The van der Waals surface area contributed by atoms with Gasteiger partial charge in [0.2, 0.25) is 5.89 Å². The number of pyridine rings is 1.